The maximum atomic E-state index is 8.42. The second-order valence-electron chi connectivity index (χ2n) is 2.25. The molecule has 0 aromatic rings. The Balaban J connectivity index is -0.000000143. The van der Waals surface area contributed by atoms with E-state index >= 15 is 0 Å². The van der Waals surface area contributed by atoms with Gasteiger partial charge in [-0.3, -0.25) is 0 Å². The van der Waals surface area contributed by atoms with Crippen LogP contribution in [0.1, 0.15) is 0 Å². The van der Waals surface area contributed by atoms with Crippen LogP contribution >= 0.6 is 0 Å². The Bertz CT molecular complexity index is 71.0. The van der Waals surface area contributed by atoms with Crippen molar-refractivity contribution in [3.05, 3.63) is 0 Å². The standard InChI is InChI=1S/2C3H10N2O.Co/c2*4-1-3(6)2-5;/h2*3,6H,1-2,4-5H2;/q;;+2. The van der Waals surface area contributed by atoms with Gasteiger partial charge in [0.15, 0.2) is 0 Å². The summed E-state index contributed by atoms with van der Waals surface area (Å²) in [6, 6.07) is 0. The monoisotopic (exact) mass is 239 g/mol. The summed E-state index contributed by atoms with van der Waals surface area (Å²) >= 11 is 0. The van der Waals surface area contributed by atoms with Gasteiger partial charge in [-0.05, 0) is 0 Å². The molecule has 0 rings (SSSR count). The van der Waals surface area contributed by atoms with Crippen molar-refractivity contribution in [3.63, 3.8) is 0 Å². The van der Waals surface area contributed by atoms with Gasteiger partial charge in [-0.1, -0.05) is 0 Å². The second-order valence-corrected chi connectivity index (χ2v) is 2.25. The first-order valence-electron chi connectivity index (χ1n) is 3.78. The van der Waals surface area contributed by atoms with E-state index in [-0.39, 0.29) is 43.0 Å². The van der Waals surface area contributed by atoms with Crippen LogP contribution in [0.15, 0.2) is 0 Å². The number of hydrogen-bond donors (Lipinski definition) is 6. The Kier molecular flexibility index (Phi) is 21.5. The molecule has 0 aromatic heterocycles. The predicted molar refractivity (Wildman–Crippen MR) is 48.2 cm³/mol. The normalized spacial score (nSPS) is 9.23. The Morgan fingerprint density at radius 3 is 0.846 bits per heavy atom. The van der Waals surface area contributed by atoms with Crippen molar-refractivity contribution in [2.24, 2.45) is 22.9 Å². The van der Waals surface area contributed by atoms with Gasteiger partial charge in [0.2, 0.25) is 0 Å². The quantitative estimate of drug-likeness (QED) is 0.300. The summed E-state index contributed by atoms with van der Waals surface area (Å²) in [4.78, 5) is 0. The fourth-order valence-corrected chi connectivity index (χ4v) is 0.192. The molecular formula is C6H20CoN4O2+2. The van der Waals surface area contributed by atoms with E-state index in [0.29, 0.717) is 0 Å². The van der Waals surface area contributed by atoms with Gasteiger partial charge in [0.1, 0.15) is 0 Å². The van der Waals surface area contributed by atoms with Gasteiger partial charge in [-0.25, -0.2) is 0 Å². The summed E-state index contributed by atoms with van der Waals surface area (Å²) in [6.45, 7) is 1.04. The first-order chi connectivity index (χ1) is 5.62. The van der Waals surface area contributed by atoms with E-state index in [1.54, 1.807) is 0 Å². The van der Waals surface area contributed by atoms with E-state index in [4.69, 9.17) is 33.1 Å². The van der Waals surface area contributed by atoms with Crippen LogP contribution in [-0.2, 0) is 16.8 Å². The van der Waals surface area contributed by atoms with Crippen molar-refractivity contribution >= 4 is 0 Å². The van der Waals surface area contributed by atoms with Crippen LogP contribution in [0.2, 0.25) is 0 Å². The average Bonchev–Trinajstić information content (AvgIpc) is 2.16. The van der Waals surface area contributed by atoms with E-state index in [1.165, 1.54) is 0 Å². The van der Waals surface area contributed by atoms with E-state index in [0.717, 1.165) is 0 Å². The molecule has 6 nitrogen and oxygen atoms in total. The molecular weight excluding hydrogens is 219 g/mol. The van der Waals surface area contributed by atoms with Gasteiger partial charge in [-0.15, -0.1) is 0 Å². The van der Waals surface area contributed by atoms with Crippen molar-refractivity contribution in [1.29, 1.82) is 0 Å². The molecule has 13 heavy (non-hydrogen) atoms. The summed E-state index contributed by atoms with van der Waals surface area (Å²) in [5.74, 6) is 0. The van der Waals surface area contributed by atoms with Crippen molar-refractivity contribution in [2.75, 3.05) is 26.2 Å². The summed E-state index contributed by atoms with van der Waals surface area (Å²) in [5.41, 5.74) is 19.8. The van der Waals surface area contributed by atoms with E-state index in [2.05, 4.69) is 0 Å². The smallest absolute Gasteiger partial charge is 0.390 e. The van der Waals surface area contributed by atoms with Gasteiger partial charge in [0.05, 0.1) is 12.2 Å². The third-order valence-electron chi connectivity index (χ3n) is 1.09. The molecule has 0 atom stereocenters. The molecule has 10 N–H and O–H groups in total. The molecule has 0 saturated heterocycles. The van der Waals surface area contributed by atoms with E-state index in [1.807, 2.05) is 0 Å². The third kappa shape index (κ3) is 18.9. The molecule has 0 aromatic carbocycles. The van der Waals surface area contributed by atoms with Gasteiger partial charge in [0, 0.05) is 26.2 Å². The minimum absolute atomic E-state index is 0. The number of rotatable bonds is 4. The Hall–Kier alpha value is 0.266. The molecule has 1 radical (unpaired) electrons. The molecule has 0 fully saturated rings. The number of aliphatic hydroxyl groups is 2. The minimum Gasteiger partial charge on any atom is -0.390 e. The van der Waals surface area contributed by atoms with Crippen LogP contribution in [0.5, 0.6) is 0 Å². The molecule has 0 amide bonds. The number of nitrogens with two attached hydrogens (primary N) is 4. The Morgan fingerprint density at radius 1 is 0.692 bits per heavy atom. The number of aliphatic hydroxyl groups excluding tert-OH is 2. The Labute approximate surface area is 88.8 Å². The fraction of sp³-hybridized carbons (Fsp3) is 1.00. The predicted octanol–water partition coefficient (Wildman–Crippen LogP) is -3.47. The van der Waals surface area contributed by atoms with E-state index < -0.39 is 12.2 Å². The van der Waals surface area contributed by atoms with Gasteiger partial charge in [0.25, 0.3) is 0 Å². The summed E-state index contributed by atoms with van der Waals surface area (Å²) in [5, 5.41) is 16.8. The van der Waals surface area contributed by atoms with Crippen molar-refractivity contribution in [2.45, 2.75) is 12.2 Å². The van der Waals surface area contributed by atoms with Crippen LogP contribution in [-0.4, -0.2) is 48.6 Å². The van der Waals surface area contributed by atoms with Crippen molar-refractivity contribution in [1.82, 2.24) is 0 Å². The van der Waals surface area contributed by atoms with Crippen LogP contribution in [0, 0.1) is 0 Å². The molecule has 0 heterocycles. The molecule has 0 spiro atoms. The Morgan fingerprint density at radius 2 is 0.846 bits per heavy atom. The molecule has 0 aliphatic carbocycles. The van der Waals surface area contributed by atoms with Crippen molar-refractivity contribution in [3.8, 4) is 0 Å². The molecule has 0 bridgehead atoms. The first-order valence-corrected chi connectivity index (χ1v) is 3.78. The molecule has 0 unspecified atom stereocenters. The zero-order valence-electron chi connectivity index (χ0n) is 7.52. The van der Waals surface area contributed by atoms with Gasteiger partial charge >= 0.3 is 16.8 Å². The first kappa shape index (κ1) is 18.9. The summed E-state index contributed by atoms with van der Waals surface area (Å²) in [6.07, 6.45) is -1.02. The molecule has 0 aliphatic rings. The zero-order valence-corrected chi connectivity index (χ0v) is 8.56. The minimum atomic E-state index is -0.509. The summed E-state index contributed by atoms with van der Waals surface area (Å²) < 4.78 is 0. The third-order valence-corrected chi connectivity index (χ3v) is 1.09. The molecule has 0 aliphatic heterocycles. The number of hydrogen-bond acceptors (Lipinski definition) is 6. The second kappa shape index (κ2) is 14.8. The SMILES string of the molecule is NCC(O)CN.NCC(O)CN.[Co+2]. The fourth-order valence-electron chi connectivity index (χ4n) is 0.192. The van der Waals surface area contributed by atoms with Crippen molar-refractivity contribution < 1.29 is 27.0 Å². The van der Waals surface area contributed by atoms with Crippen LogP contribution in [0.3, 0.4) is 0 Å². The topological polar surface area (TPSA) is 145 Å². The molecule has 0 saturated carbocycles. The van der Waals surface area contributed by atoms with Crippen LogP contribution in [0.4, 0.5) is 0 Å². The molecule has 7 heteroatoms. The maximum absolute atomic E-state index is 8.42. The van der Waals surface area contributed by atoms with Crippen LogP contribution in [0.25, 0.3) is 0 Å². The van der Waals surface area contributed by atoms with E-state index in [9.17, 15) is 0 Å². The zero-order chi connectivity index (χ0) is 9.98. The molecule has 83 valence electrons. The summed E-state index contributed by atoms with van der Waals surface area (Å²) in [7, 11) is 0. The van der Waals surface area contributed by atoms with Gasteiger partial charge < -0.3 is 33.1 Å². The van der Waals surface area contributed by atoms with Gasteiger partial charge in [-0.2, -0.15) is 0 Å². The average molecular weight is 239 g/mol. The maximum Gasteiger partial charge on any atom is 2.00 e. The largest absolute Gasteiger partial charge is 2.00 e. The van der Waals surface area contributed by atoms with Crippen LogP contribution < -0.4 is 22.9 Å².